The molecule has 0 aromatic heterocycles. The number of para-hydroxylation sites is 1. The van der Waals surface area contributed by atoms with Crippen LogP contribution in [-0.4, -0.2) is 43.8 Å². The van der Waals surface area contributed by atoms with Crippen molar-refractivity contribution >= 4 is 50.7 Å². The summed E-state index contributed by atoms with van der Waals surface area (Å²) in [5, 5.41) is 3.50. The molecule has 7 nitrogen and oxygen atoms in total. The summed E-state index contributed by atoms with van der Waals surface area (Å²) in [4.78, 5) is 29.2. The Balaban J connectivity index is 1.80. The average molecular weight is 657 g/mol. The first-order valence-electron chi connectivity index (χ1n) is 13.9. The third kappa shape index (κ3) is 8.37. The molecule has 0 aliphatic rings. The van der Waals surface area contributed by atoms with Crippen molar-refractivity contribution < 1.29 is 22.4 Å². The number of hydrogen-bond acceptors (Lipinski definition) is 4. The van der Waals surface area contributed by atoms with Crippen LogP contribution in [0.25, 0.3) is 0 Å². The van der Waals surface area contributed by atoms with Crippen molar-refractivity contribution in [3.8, 4) is 0 Å². The molecule has 4 aromatic rings. The molecule has 2 amide bonds. The number of carbonyl (C=O) groups is 2. The normalized spacial score (nSPS) is 12.0. The van der Waals surface area contributed by atoms with E-state index < -0.39 is 40.2 Å². The van der Waals surface area contributed by atoms with Crippen molar-refractivity contribution in [2.75, 3.05) is 10.8 Å². The summed E-state index contributed by atoms with van der Waals surface area (Å²) in [5.41, 5.74) is 1.63. The SMILES string of the molecule is CC(C)NC(=O)[C@@H](Cc1ccccc1)N(Cc1ccc(Cl)c(Cl)c1)C(=O)CN(c1ccccc1)S(=O)(=O)c1ccc(F)cc1. The van der Waals surface area contributed by atoms with Gasteiger partial charge in [-0.25, -0.2) is 12.8 Å². The highest BCUT2D eigenvalue weighted by molar-refractivity contribution is 7.92. The zero-order valence-electron chi connectivity index (χ0n) is 24.2. The van der Waals surface area contributed by atoms with Crippen LogP contribution in [-0.2, 0) is 32.6 Å². The van der Waals surface area contributed by atoms with E-state index in [9.17, 15) is 22.4 Å². The number of hydrogen-bond donors (Lipinski definition) is 1. The summed E-state index contributed by atoms with van der Waals surface area (Å²) in [6, 6.07) is 25.4. The van der Waals surface area contributed by atoms with Crippen LogP contribution in [0.4, 0.5) is 10.1 Å². The van der Waals surface area contributed by atoms with Gasteiger partial charge >= 0.3 is 0 Å². The van der Waals surface area contributed by atoms with Crippen molar-refractivity contribution in [3.63, 3.8) is 0 Å². The lowest BCUT2D eigenvalue weighted by atomic mass is 10.0. The molecule has 230 valence electrons. The van der Waals surface area contributed by atoms with E-state index in [4.69, 9.17) is 23.2 Å². The van der Waals surface area contributed by atoms with Gasteiger partial charge in [0.1, 0.15) is 18.4 Å². The molecule has 1 N–H and O–H groups in total. The largest absolute Gasteiger partial charge is 0.352 e. The summed E-state index contributed by atoms with van der Waals surface area (Å²) >= 11 is 12.4. The molecular weight excluding hydrogens is 624 g/mol. The third-order valence-corrected chi connectivity index (χ3v) is 9.29. The minimum atomic E-state index is -4.33. The second-order valence-corrected chi connectivity index (χ2v) is 13.1. The molecule has 0 bridgehead atoms. The van der Waals surface area contributed by atoms with Crippen LogP contribution < -0.4 is 9.62 Å². The van der Waals surface area contributed by atoms with Gasteiger partial charge in [0.25, 0.3) is 10.0 Å². The average Bonchev–Trinajstić information content (AvgIpc) is 3.00. The Morgan fingerprint density at radius 3 is 2.02 bits per heavy atom. The van der Waals surface area contributed by atoms with Crippen molar-refractivity contribution in [1.29, 1.82) is 0 Å². The first kappa shape index (κ1) is 33.0. The molecule has 0 unspecified atom stereocenters. The van der Waals surface area contributed by atoms with Crippen LogP contribution in [0.2, 0.25) is 10.0 Å². The van der Waals surface area contributed by atoms with Crippen LogP contribution in [0.3, 0.4) is 0 Å². The molecule has 0 spiro atoms. The standard InChI is InChI=1S/C33H32Cl2FN3O4S/c1-23(2)37-33(41)31(20-24-9-5-3-6-10-24)38(21-25-13-18-29(34)30(35)19-25)32(40)22-39(27-11-7-4-8-12-27)44(42,43)28-16-14-26(36)15-17-28/h3-19,23,31H,20-22H2,1-2H3,(H,37,41)/t31-/m1/s1. The molecule has 0 fully saturated rings. The minimum absolute atomic E-state index is 0.0576. The van der Waals surface area contributed by atoms with Gasteiger partial charge < -0.3 is 10.2 Å². The number of benzene rings is 4. The minimum Gasteiger partial charge on any atom is -0.352 e. The summed E-state index contributed by atoms with van der Waals surface area (Å²) in [5.74, 6) is -1.63. The molecule has 11 heteroatoms. The molecule has 44 heavy (non-hydrogen) atoms. The molecule has 0 aliphatic heterocycles. The van der Waals surface area contributed by atoms with E-state index in [1.165, 1.54) is 4.90 Å². The van der Waals surface area contributed by atoms with Crippen molar-refractivity contribution in [2.45, 2.75) is 43.8 Å². The highest BCUT2D eigenvalue weighted by Crippen LogP contribution is 2.27. The molecule has 0 saturated heterocycles. The van der Waals surface area contributed by atoms with Crippen LogP contribution in [0.15, 0.2) is 108 Å². The summed E-state index contributed by atoms with van der Waals surface area (Å²) < 4.78 is 42.5. The van der Waals surface area contributed by atoms with Gasteiger partial charge in [-0.3, -0.25) is 13.9 Å². The maximum absolute atomic E-state index is 14.4. The fourth-order valence-corrected chi connectivity index (χ4v) is 6.36. The Morgan fingerprint density at radius 1 is 0.818 bits per heavy atom. The molecule has 4 rings (SSSR count). The van der Waals surface area contributed by atoms with Crippen LogP contribution in [0.5, 0.6) is 0 Å². The van der Waals surface area contributed by atoms with Crippen molar-refractivity contribution in [2.24, 2.45) is 0 Å². The van der Waals surface area contributed by atoms with Crippen LogP contribution >= 0.6 is 23.2 Å². The number of rotatable bonds is 12. The van der Waals surface area contributed by atoms with Crippen molar-refractivity contribution in [3.05, 3.63) is 130 Å². The zero-order chi connectivity index (χ0) is 31.9. The monoisotopic (exact) mass is 655 g/mol. The van der Waals surface area contributed by atoms with Crippen LogP contribution in [0.1, 0.15) is 25.0 Å². The van der Waals surface area contributed by atoms with E-state index >= 15 is 0 Å². The first-order chi connectivity index (χ1) is 21.0. The van der Waals surface area contributed by atoms with E-state index in [-0.39, 0.29) is 34.6 Å². The number of nitrogens with one attached hydrogen (secondary N) is 1. The highest BCUT2D eigenvalue weighted by atomic mass is 35.5. The van der Waals surface area contributed by atoms with Crippen LogP contribution in [0, 0.1) is 5.82 Å². The second-order valence-electron chi connectivity index (χ2n) is 10.4. The Labute approximate surface area is 267 Å². The Bertz CT molecular complexity index is 1690. The van der Waals surface area contributed by atoms with Crippen molar-refractivity contribution in [1.82, 2.24) is 10.2 Å². The number of carbonyl (C=O) groups excluding carboxylic acids is 2. The van der Waals surface area contributed by atoms with Gasteiger partial charge in [0.05, 0.1) is 20.6 Å². The molecule has 1 atom stereocenters. The Hall–Kier alpha value is -3.92. The maximum Gasteiger partial charge on any atom is 0.264 e. The Morgan fingerprint density at radius 2 is 1.43 bits per heavy atom. The number of sulfonamides is 1. The van der Waals surface area contributed by atoms with Gasteiger partial charge in [0.2, 0.25) is 11.8 Å². The predicted molar refractivity (Wildman–Crippen MR) is 172 cm³/mol. The quantitative estimate of drug-likeness (QED) is 0.189. The molecule has 0 saturated carbocycles. The van der Waals surface area contributed by atoms with E-state index in [0.717, 1.165) is 34.1 Å². The van der Waals surface area contributed by atoms with Gasteiger partial charge in [0, 0.05) is 19.0 Å². The fourth-order valence-electron chi connectivity index (χ4n) is 4.63. The molecule has 0 heterocycles. The lowest BCUT2D eigenvalue weighted by molar-refractivity contribution is -0.140. The maximum atomic E-state index is 14.4. The number of amides is 2. The number of halogens is 3. The highest BCUT2D eigenvalue weighted by Gasteiger charge is 2.35. The summed E-state index contributed by atoms with van der Waals surface area (Å²) in [6.07, 6.45) is 0.169. The molecule has 0 aliphatic carbocycles. The third-order valence-electron chi connectivity index (χ3n) is 6.76. The van der Waals surface area contributed by atoms with E-state index in [1.807, 2.05) is 44.2 Å². The fraction of sp³-hybridized carbons (Fsp3) is 0.212. The second kappa shape index (κ2) is 14.7. The van der Waals surface area contributed by atoms with Gasteiger partial charge in [-0.2, -0.15) is 0 Å². The van der Waals surface area contributed by atoms with E-state index in [1.54, 1.807) is 48.5 Å². The lowest BCUT2D eigenvalue weighted by Gasteiger charge is -2.34. The summed E-state index contributed by atoms with van der Waals surface area (Å²) in [7, 11) is -4.33. The van der Waals surface area contributed by atoms with E-state index in [0.29, 0.717) is 10.6 Å². The van der Waals surface area contributed by atoms with Gasteiger partial charge in [-0.15, -0.1) is 0 Å². The molecule has 0 radical (unpaired) electrons. The zero-order valence-corrected chi connectivity index (χ0v) is 26.5. The Kier molecular flexibility index (Phi) is 11.0. The topological polar surface area (TPSA) is 86.8 Å². The predicted octanol–water partition coefficient (Wildman–Crippen LogP) is 6.49. The molecular formula is C33H32Cl2FN3O4S. The molecule has 4 aromatic carbocycles. The van der Waals surface area contributed by atoms with Gasteiger partial charge in [-0.1, -0.05) is 77.8 Å². The van der Waals surface area contributed by atoms with Gasteiger partial charge in [-0.05, 0) is 73.5 Å². The number of anilines is 1. The van der Waals surface area contributed by atoms with Gasteiger partial charge in [0.15, 0.2) is 0 Å². The lowest BCUT2D eigenvalue weighted by Crippen LogP contribution is -2.54. The summed E-state index contributed by atoms with van der Waals surface area (Å²) in [6.45, 7) is 2.94. The number of nitrogens with zero attached hydrogens (tertiary/aromatic N) is 2. The smallest absolute Gasteiger partial charge is 0.264 e. The van der Waals surface area contributed by atoms with E-state index in [2.05, 4.69) is 5.32 Å². The first-order valence-corrected chi connectivity index (χ1v) is 16.1.